The summed E-state index contributed by atoms with van der Waals surface area (Å²) in [5.74, 6) is -0.170. The van der Waals surface area contributed by atoms with Gasteiger partial charge in [-0.2, -0.15) is 0 Å². The lowest BCUT2D eigenvalue weighted by Gasteiger charge is -2.24. The maximum atomic E-state index is 12.3. The van der Waals surface area contributed by atoms with E-state index in [9.17, 15) is 13.2 Å². The highest BCUT2D eigenvalue weighted by Gasteiger charge is 2.18. The third kappa shape index (κ3) is 4.89. The van der Waals surface area contributed by atoms with E-state index in [1.54, 1.807) is 0 Å². The molecule has 0 heterocycles. The number of nitrogens with zero attached hydrogens (tertiary/aromatic N) is 1. The Morgan fingerprint density at radius 3 is 2.25 bits per heavy atom. The highest BCUT2D eigenvalue weighted by Crippen LogP contribution is 2.14. The molecule has 0 aliphatic heterocycles. The third-order valence-electron chi connectivity index (χ3n) is 3.77. The van der Waals surface area contributed by atoms with Crippen LogP contribution >= 0.6 is 0 Å². The molecule has 1 amide bonds. The Balaban J connectivity index is 1.98. The van der Waals surface area contributed by atoms with Gasteiger partial charge in [-0.3, -0.25) is 9.69 Å². The van der Waals surface area contributed by atoms with Crippen LogP contribution in [0.3, 0.4) is 0 Å². The van der Waals surface area contributed by atoms with E-state index in [4.69, 9.17) is 5.14 Å². The summed E-state index contributed by atoms with van der Waals surface area (Å²) in [6.45, 7) is 2.47. The molecule has 24 heavy (non-hydrogen) atoms. The zero-order valence-electron chi connectivity index (χ0n) is 13.6. The Labute approximate surface area is 142 Å². The maximum Gasteiger partial charge on any atom is 0.241 e. The number of hydrogen-bond donors (Lipinski definition) is 2. The molecule has 0 aromatic heterocycles. The van der Waals surface area contributed by atoms with Crippen molar-refractivity contribution in [1.82, 2.24) is 4.90 Å². The van der Waals surface area contributed by atoms with Crippen LogP contribution in [0, 0.1) is 0 Å². The van der Waals surface area contributed by atoms with Crippen LogP contribution in [-0.4, -0.2) is 32.3 Å². The summed E-state index contributed by atoms with van der Waals surface area (Å²) in [4.78, 5) is 14.3. The van der Waals surface area contributed by atoms with E-state index in [0.29, 0.717) is 12.2 Å². The molecule has 128 valence electrons. The number of rotatable bonds is 6. The summed E-state index contributed by atoms with van der Waals surface area (Å²) in [6, 6.07) is 15.3. The van der Waals surface area contributed by atoms with Crippen LogP contribution < -0.4 is 10.5 Å². The first kappa shape index (κ1) is 18.1. The smallest absolute Gasteiger partial charge is 0.241 e. The molecular weight excluding hydrogens is 326 g/mol. The lowest BCUT2D eigenvalue weighted by Crippen LogP contribution is -2.39. The van der Waals surface area contributed by atoms with Crippen molar-refractivity contribution >= 4 is 21.6 Å². The van der Waals surface area contributed by atoms with Gasteiger partial charge in [-0.15, -0.1) is 0 Å². The molecule has 1 atom stereocenters. The van der Waals surface area contributed by atoms with Crippen LogP contribution in [0.25, 0.3) is 0 Å². The summed E-state index contributed by atoms with van der Waals surface area (Å²) in [5.41, 5.74) is 1.64. The number of carbonyl (C=O) groups is 1. The highest BCUT2D eigenvalue weighted by molar-refractivity contribution is 7.89. The molecule has 6 nitrogen and oxygen atoms in total. The fraction of sp³-hybridized carbons (Fsp3) is 0.235. The lowest BCUT2D eigenvalue weighted by molar-refractivity contribution is -0.120. The third-order valence-corrected chi connectivity index (χ3v) is 4.70. The second-order valence-electron chi connectivity index (χ2n) is 5.64. The van der Waals surface area contributed by atoms with Crippen LogP contribution in [0.2, 0.25) is 0 Å². The molecule has 2 aromatic carbocycles. The Bertz CT molecular complexity index is 790. The first-order valence-electron chi connectivity index (χ1n) is 7.45. The molecular formula is C17H21N3O3S. The molecule has 0 unspecified atom stereocenters. The second-order valence-corrected chi connectivity index (χ2v) is 7.20. The SMILES string of the molecule is C[C@H](C(=O)Nc1ccc(S(N)(=O)=O)cc1)N(C)Cc1ccccc1. The molecule has 0 aliphatic rings. The Hall–Kier alpha value is -2.22. The van der Waals surface area contributed by atoms with E-state index in [2.05, 4.69) is 5.32 Å². The van der Waals surface area contributed by atoms with Gasteiger partial charge >= 0.3 is 0 Å². The summed E-state index contributed by atoms with van der Waals surface area (Å²) in [7, 11) is -1.86. The van der Waals surface area contributed by atoms with Gasteiger partial charge in [-0.25, -0.2) is 13.6 Å². The number of carbonyl (C=O) groups excluding carboxylic acids is 1. The van der Waals surface area contributed by atoms with Crippen molar-refractivity contribution in [3.05, 3.63) is 60.2 Å². The van der Waals surface area contributed by atoms with Crippen LogP contribution in [0.15, 0.2) is 59.5 Å². The van der Waals surface area contributed by atoms with Crippen LogP contribution in [0.4, 0.5) is 5.69 Å². The van der Waals surface area contributed by atoms with Gasteiger partial charge in [0.2, 0.25) is 15.9 Å². The molecule has 7 heteroatoms. The summed E-state index contributed by atoms with van der Waals surface area (Å²) < 4.78 is 22.4. The zero-order valence-corrected chi connectivity index (χ0v) is 14.5. The van der Waals surface area contributed by atoms with Crippen LogP contribution in [0.5, 0.6) is 0 Å². The van der Waals surface area contributed by atoms with Gasteiger partial charge < -0.3 is 5.32 Å². The monoisotopic (exact) mass is 347 g/mol. The van der Waals surface area contributed by atoms with Crippen molar-refractivity contribution in [2.75, 3.05) is 12.4 Å². The number of benzene rings is 2. The van der Waals surface area contributed by atoms with Crippen molar-refractivity contribution in [2.45, 2.75) is 24.4 Å². The molecule has 0 radical (unpaired) electrons. The molecule has 2 aromatic rings. The predicted octanol–water partition coefficient (Wildman–Crippen LogP) is 1.79. The van der Waals surface area contributed by atoms with Gasteiger partial charge in [0.25, 0.3) is 0 Å². The number of anilines is 1. The van der Waals surface area contributed by atoms with Crippen molar-refractivity contribution in [3.63, 3.8) is 0 Å². The van der Waals surface area contributed by atoms with E-state index in [1.807, 2.05) is 49.2 Å². The predicted molar refractivity (Wildman–Crippen MR) is 93.8 cm³/mol. The standard InChI is InChI=1S/C17H21N3O3S/c1-13(20(2)12-14-6-4-3-5-7-14)17(21)19-15-8-10-16(11-9-15)24(18,22)23/h3-11,13H,12H2,1-2H3,(H,19,21)(H2,18,22,23)/t13-/m1/s1. The summed E-state index contributed by atoms with van der Waals surface area (Å²) in [6.07, 6.45) is 0. The summed E-state index contributed by atoms with van der Waals surface area (Å²) >= 11 is 0. The van der Waals surface area contributed by atoms with E-state index in [0.717, 1.165) is 5.56 Å². The highest BCUT2D eigenvalue weighted by atomic mass is 32.2. The van der Waals surface area contributed by atoms with E-state index >= 15 is 0 Å². The number of amides is 1. The lowest BCUT2D eigenvalue weighted by atomic mass is 10.2. The largest absolute Gasteiger partial charge is 0.325 e. The number of sulfonamides is 1. The van der Waals surface area contributed by atoms with Gasteiger partial charge in [0, 0.05) is 12.2 Å². The van der Waals surface area contributed by atoms with Crippen molar-refractivity contribution in [1.29, 1.82) is 0 Å². The Morgan fingerprint density at radius 2 is 1.71 bits per heavy atom. The normalized spacial score (nSPS) is 12.8. The first-order valence-corrected chi connectivity index (χ1v) is 9.00. The van der Waals surface area contributed by atoms with Gasteiger partial charge in [-0.1, -0.05) is 30.3 Å². The van der Waals surface area contributed by atoms with Crippen molar-refractivity contribution in [2.24, 2.45) is 5.14 Å². The molecule has 2 rings (SSSR count). The topological polar surface area (TPSA) is 92.5 Å². The fourth-order valence-electron chi connectivity index (χ4n) is 2.18. The quantitative estimate of drug-likeness (QED) is 0.833. The van der Waals surface area contributed by atoms with E-state index in [1.165, 1.54) is 24.3 Å². The number of primary sulfonamides is 1. The number of nitrogens with two attached hydrogens (primary N) is 1. The molecule has 3 N–H and O–H groups in total. The number of likely N-dealkylation sites (N-methyl/N-ethyl adjacent to an activating group) is 1. The maximum absolute atomic E-state index is 12.3. The number of nitrogens with one attached hydrogen (secondary N) is 1. The van der Waals surface area contributed by atoms with Crippen LogP contribution in [-0.2, 0) is 21.4 Å². The van der Waals surface area contributed by atoms with Gasteiger partial charge in [-0.05, 0) is 43.8 Å². The number of hydrogen-bond acceptors (Lipinski definition) is 4. The van der Waals surface area contributed by atoms with Gasteiger partial charge in [0.15, 0.2) is 0 Å². The molecule has 0 saturated heterocycles. The van der Waals surface area contributed by atoms with Crippen molar-refractivity contribution in [3.8, 4) is 0 Å². The second kappa shape index (κ2) is 7.57. The Kier molecular flexibility index (Phi) is 5.71. The van der Waals surface area contributed by atoms with Gasteiger partial charge in [0.05, 0.1) is 10.9 Å². The molecule has 0 fully saturated rings. The fourth-order valence-corrected chi connectivity index (χ4v) is 2.70. The van der Waals surface area contributed by atoms with E-state index < -0.39 is 10.0 Å². The molecule has 0 spiro atoms. The minimum Gasteiger partial charge on any atom is -0.325 e. The van der Waals surface area contributed by atoms with Gasteiger partial charge in [0.1, 0.15) is 0 Å². The first-order chi connectivity index (χ1) is 11.3. The minimum absolute atomic E-state index is 0.00902. The minimum atomic E-state index is -3.73. The Morgan fingerprint density at radius 1 is 1.12 bits per heavy atom. The van der Waals surface area contributed by atoms with Crippen molar-refractivity contribution < 1.29 is 13.2 Å². The zero-order chi connectivity index (χ0) is 17.7. The molecule has 0 bridgehead atoms. The molecule has 0 saturated carbocycles. The van der Waals surface area contributed by atoms with Crippen LogP contribution in [0.1, 0.15) is 12.5 Å². The molecule has 0 aliphatic carbocycles. The summed E-state index contributed by atoms with van der Waals surface area (Å²) in [5, 5.41) is 7.82. The average Bonchev–Trinajstić information content (AvgIpc) is 2.54. The average molecular weight is 347 g/mol. The van der Waals surface area contributed by atoms with E-state index in [-0.39, 0.29) is 16.8 Å².